The first kappa shape index (κ1) is 13.2. The summed E-state index contributed by atoms with van der Waals surface area (Å²) in [5.74, 6) is 0.385. The molecule has 20 heavy (non-hydrogen) atoms. The predicted octanol–water partition coefficient (Wildman–Crippen LogP) is 2.35. The van der Waals surface area contributed by atoms with Crippen molar-refractivity contribution in [2.75, 3.05) is 5.75 Å². The second kappa shape index (κ2) is 4.94. The number of thiol groups is 1. The van der Waals surface area contributed by atoms with Crippen LogP contribution in [0.5, 0.6) is 0 Å². The summed E-state index contributed by atoms with van der Waals surface area (Å²) < 4.78 is 16.7. The van der Waals surface area contributed by atoms with E-state index in [4.69, 9.17) is 0 Å². The molecule has 0 aliphatic carbocycles. The van der Waals surface area contributed by atoms with Gasteiger partial charge < -0.3 is 4.57 Å². The normalized spacial score (nSPS) is 11.6. The molecule has 0 aliphatic heterocycles. The van der Waals surface area contributed by atoms with Gasteiger partial charge in [-0.3, -0.25) is 9.36 Å². The highest BCUT2D eigenvalue weighted by Crippen LogP contribution is 2.24. The number of benzene rings is 1. The molecular formula is C14H14FN3OS. The molecule has 0 bridgehead atoms. The number of hydrogen-bond donors (Lipinski definition) is 1. The molecule has 6 heteroatoms. The van der Waals surface area contributed by atoms with Gasteiger partial charge in [0.25, 0.3) is 5.56 Å². The summed E-state index contributed by atoms with van der Waals surface area (Å²) in [7, 11) is 1.80. The van der Waals surface area contributed by atoms with E-state index in [-0.39, 0.29) is 11.4 Å². The Labute approximate surface area is 120 Å². The molecule has 2 aromatic heterocycles. The van der Waals surface area contributed by atoms with Crippen molar-refractivity contribution in [1.29, 1.82) is 0 Å². The van der Waals surface area contributed by atoms with Gasteiger partial charge >= 0.3 is 0 Å². The lowest BCUT2D eigenvalue weighted by molar-refractivity contribution is 0.629. The second-order valence-electron chi connectivity index (χ2n) is 4.74. The number of halogens is 1. The maximum atomic E-state index is 13.4. The van der Waals surface area contributed by atoms with Crippen LogP contribution in [0.25, 0.3) is 21.9 Å². The molecule has 3 rings (SSSR count). The third-order valence-electron chi connectivity index (χ3n) is 3.48. The lowest BCUT2D eigenvalue weighted by atomic mass is 10.2. The monoisotopic (exact) mass is 291 g/mol. The highest BCUT2D eigenvalue weighted by Gasteiger charge is 2.14. The van der Waals surface area contributed by atoms with Crippen LogP contribution in [-0.2, 0) is 13.6 Å². The van der Waals surface area contributed by atoms with Crippen LogP contribution in [0.4, 0.5) is 4.39 Å². The Bertz CT molecular complexity index is 853. The zero-order valence-electron chi connectivity index (χ0n) is 11.0. The summed E-state index contributed by atoms with van der Waals surface area (Å²) in [6.45, 7) is 0.584. The summed E-state index contributed by atoms with van der Waals surface area (Å²) in [5, 5.41) is 0.668. The number of rotatable bonds is 3. The standard InChI is InChI=1S/C14H14FN3OS/c1-17-11-4-3-9(15)7-10(11)12-13(17)14(19)18(8-16-12)5-2-6-20/h3-4,7-8,20H,2,5-6H2,1H3. The van der Waals surface area contributed by atoms with E-state index >= 15 is 0 Å². The topological polar surface area (TPSA) is 39.8 Å². The van der Waals surface area contributed by atoms with Crippen LogP contribution in [0.15, 0.2) is 29.3 Å². The van der Waals surface area contributed by atoms with E-state index in [9.17, 15) is 9.18 Å². The summed E-state index contributed by atoms with van der Waals surface area (Å²) >= 11 is 4.15. The second-order valence-corrected chi connectivity index (χ2v) is 5.19. The maximum absolute atomic E-state index is 13.4. The van der Waals surface area contributed by atoms with Crippen molar-refractivity contribution in [3.8, 4) is 0 Å². The number of hydrogen-bond acceptors (Lipinski definition) is 3. The third-order valence-corrected chi connectivity index (χ3v) is 3.80. The molecule has 0 unspecified atom stereocenters. The smallest absolute Gasteiger partial charge is 0.277 e. The zero-order chi connectivity index (χ0) is 14.3. The van der Waals surface area contributed by atoms with Crippen molar-refractivity contribution in [2.24, 2.45) is 7.05 Å². The molecule has 1 aromatic carbocycles. The van der Waals surface area contributed by atoms with E-state index in [0.29, 0.717) is 28.7 Å². The molecule has 2 heterocycles. The highest BCUT2D eigenvalue weighted by atomic mass is 32.1. The first-order valence-corrected chi connectivity index (χ1v) is 7.00. The fraction of sp³-hybridized carbons (Fsp3) is 0.286. The van der Waals surface area contributed by atoms with Crippen LogP contribution in [0.2, 0.25) is 0 Å². The largest absolute Gasteiger partial charge is 0.338 e. The highest BCUT2D eigenvalue weighted by molar-refractivity contribution is 7.80. The molecule has 0 atom stereocenters. The average molecular weight is 291 g/mol. The van der Waals surface area contributed by atoms with E-state index in [0.717, 1.165) is 11.9 Å². The van der Waals surface area contributed by atoms with Gasteiger partial charge in [0.05, 0.1) is 11.8 Å². The van der Waals surface area contributed by atoms with Crippen molar-refractivity contribution in [2.45, 2.75) is 13.0 Å². The molecule has 0 amide bonds. The molecule has 0 radical (unpaired) electrons. The molecule has 4 nitrogen and oxygen atoms in total. The van der Waals surface area contributed by atoms with Crippen LogP contribution in [0.3, 0.4) is 0 Å². The van der Waals surface area contributed by atoms with Gasteiger partial charge in [-0.2, -0.15) is 12.6 Å². The SMILES string of the molecule is Cn1c2ccc(F)cc2c2ncn(CCCS)c(=O)c21. The summed E-state index contributed by atoms with van der Waals surface area (Å²) in [4.78, 5) is 16.8. The molecule has 3 aromatic rings. The van der Waals surface area contributed by atoms with Gasteiger partial charge in [0.1, 0.15) is 16.9 Å². The van der Waals surface area contributed by atoms with E-state index in [1.807, 2.05) is 0 Å². The molecular weight excluding hydrogens is 277 g/mol. The average Bonchev–Trinajstić information content (AvgIpc) is 2.71. The first-order chi connectivity index (χ1) is 9.63. The van der Waals surface area contributed by atoms with Crippen LogP contribution in [0.1, 0.15) is 6.42 Å². The summed E-state index contributed by atoms with van der Waals surface area (Å²) in [6, 6.07) is 4.48. The number of nitrogens with zero attached hydrogens (tertiary/aromatic N) is 3. The van der Waals surface area contributed by atoms with Crippen molar-refractivity contribution in [1.82, 2.24) is 14.1 Å². The van der Waals surface area contributed by atoms with Gasteiger partial charge in [0, 0.05) is 19.0 Å². The minimum atomic E-state index is -0.328. The number of aryl methyl sites for hydroxylation is 2. The van der Waals surface area contributed by atoms with Gasteiger partial charge in [-0.05, 0) is 30.4 Å². The Morgan fingerprint density at radius 1 is 1.40 bits per heavy atom. The van der Waals surface area contributed by atoms with E-state index in [1.165, 1.54) is 18.5 Å². The van der Waals surface area contributed by atoms with Gasteiger partial charge in [-0.1, -0.05) is 0 Å². The van der Waals surface area contributed by atoms with Crippen LogP contribution in [0, 0.1) is 5.82 Å². The van der Waals surface area contributed by atoms with Gasteiger partial charge in [0.15, 0.2) is 0 Å². The van der Waals surface area contributed by atoms with Gasteiger partial charge in [-0.25, -0.2) is 9.37 Å². The molecule has 0 saturated heterocycles. The first-order valence-electron chi connectivity index (χ1n) is 6.37. The van der Waals surface area contributed by atoms with E-state index in [2.05, 4.69) is 17.6 Å². The number of fused-ring (bicyclic) bond motifs is 3. The van der Waals surface area contributed by atoms with Crippen LogP contribution < -0.4 is 5.56 Å². The Hall–Kier alpha value is -1.82. The Morgan fingerprint density at radius 3 is 2.95 bits per heavy atom. The third kappa shape index (κ3) is 1.91. The summed E-state index contributed by atoms with van der Waals surface area (Å²) in [5.41, 5.74) is 1.76. The van der Waals surface area contributed by atoms with Crippen LogP contribution >= 0.6 is 12.6 Å². The van der Waals surface area contributed by atoms with Gasteiger partial charge in [0.2, 0.25) is 0 Å². The fourth-order valence-electron chi connectivity index (χ4n) is 2.49. The lowest BCUT2D eigenvalue weighted by Gasteiger charge is -2.04. The minimum Gasteiger partial charge on any atom is -0.338 e. The molecule has 0 spiro atoms. The molecule has 0 N–H and O–H groups in total. The predicted molar refractivity (Wildman–Crippen MR) is 80.9 cm³/mol. The van der Waals surface area contributed by atoms with Gasteiger partial charge in [-0.15, -0.1) is 0 Å². The molecule has 0 fully saturated rings. The zero-order valence-corrected chi connectivity index (χ0v) is 11.9. The van der Waals surface area contributed by atoms with Crippen LogP contribution in [-0.4, -0.2) is 19.9 Å². The van der Waals surface area contributed by atoms with Crippen molar-refractivity contribution in [3.63, 3.8) is 0 Å². The fourth-order valence-corrected chi connectivity index (χ4v) is 2.63. The quantitative estimate of drug-likeness (QED) is 0.752. The molecule has 0 saturated carbocycles. The van der Waals surface area contributed by atoms with Crippen molar-refractivity contribution < 1.29 is 4.39 Å². The molecule has 104 valence electrons. The Balaban J connectivity index is 2.35. The Morgan fingerprint density at radius 2 is 2.20 bits per heavy atom. The lowest BCUT2D eigenvalue weighted by Crippen LogP contribution is -2.22. The Kier molecular flexibility index (Phi) is 3.25. The summed E-state index contributed by atoms with van der Waals surface area (Å²) in [6.07, 6.45) is 2.33. The minimum absolute atomic E-state index is 0.101. The number of aromatic nitrogens is 3. The maximum Gasteiger partial charge on any atom is 0.277 e. The van der Waals surface area contributed by atoms with Crippen molar-refractivity contribution >= 4 is 34.6 Å². The van der Waals surface area contributed by atoms with E-state index in [1.54, 1.807) is 22.2 Å². The van der Waals surface area contributed by atoms with Crippen molar-refractivity contribution in [3.05, 3.63) is 40.7 Å². The van der Waals surface area contributed by atoms with E-state index < -0.39 is 0 Å². The molecule has 0 aliphatic rings.